The second kappa shape index (κ2) is 6.05. The number of benzene rings is 2. The predicted molar refractivity (Wildman–Crippen MR) is 92.9 cm³/mol. The second-order valence-electron chi connectivity index (χ2n) is 5.37. The lowest BCUT2D eigenvalue weighted by molar-refractivity contribution is 0.0730. The van der Waals surface area contributed by atoms with Crippen LogP contribution < -0.4 is 5.73 Å². The van der Waals surface area contributed by atoms with E-state index in [4.69, 9.17) is 5.73 Å². The van der Waals surface area contributed by atoms with E-state index >= 15 is 0 Å². The van der Waals surface area contributed by atoms with Crippen molar-refractivity contribution in [2.75, 3.05) is 5.73 Å². The molecule has 1 amide bonds. The predicted octanol–water partition coefficient (Wildman–Crippen LogP) is 3.68. The van der Waals surface area contributed by atoms with Crippen LogP contribution >= 0.6 is 22.6 Å². The Balaban J connectivity index is 1.83. The minimum Gasteiger partial charge on any atom is -0.398 e. The van der Waals surface area contributed by atoms with Crippen molar-refractivity contribution in [3.8, 4) is 0 Å². The topological polar surface area (TPSA) is 46.3 Å². The van der Waals surface area contributed by atoms with E-state index < -0.39 is 0 Å². The number of nitrogens with zero attached hydrogens (tertiary/aromatic N) is 1. The van der Waals surface area contributed by atoms with Crippen LogP contribution in [0, 0.1) is 3.57 Å². The average molecular weight is 392 g/mol. The molecule has 1 aliphatic carbocycles. The number of anilines is 1. The molecule has 2 N–H and O–H groups in total. The number of amides is 1. The summed E-state index contributed by atoms with van der Waals surface area (Å²) in [6.07, 6.45) is 2.17. The highest BCUT2D eigenvalue weighted by molar-refractivity contribution is 14.1. The highest BCUT2D eigenvalue weighted by Crippen LogP contribution is 2.30. The SMILES string of the molecule is Nc1ccccc1CN(C(=O)c1ccc(I)cc1)C1CC1. The molecule has 0 aliphatic heterocycles. The summed E-state index contributed by atoms with van der Waals surface area (Å²) in [5, 5.41) is 0. The molecule has 21 heavy (non-hydrogen) atoms. The van der Waals surface area contributed by atoms with Crippen LogP contribution in [0.15, 0.2) is 48.5 Å². The first-order valence-corrected chi connectivity index (χ1v) is 8.13. The van der Waals surface area contributed by atoms with Gasteiger partial charge in [-0.3, -0.25) is 4.79 Å². The van der Waals surface area contributed by atoms with E-state index in [2.05, 4.69) is 22.6 Å². The first-order valence-electron chi connectivity index (χ1n) is 7.05. The smallest absolute Gasteiger partial charge is 0.254 e. The molecule has 2 aromatic carbocycles. The Kier molecular flexibility index (Phi) is 4.14. The van der Waals surface area contributed by atoms with Crippen LogP contribution in [-0.4, -0.2) is 16.8 Å². The average Bonchev–Trinajstić information content (AvgIpc) is 3.31. The molecular formula is C17H17IN2O. The van der Waals surface area contributed by atoms with Gasteiger partial charge in [0.15, 0.2) is 0 Å². The molecule has 1 saturated carbocycles. The van der Waals surface area contributed by atoms with Crippen molar-refractivity contribution in [3.05, 3.63) is 63.2 Å². The number of rotatable bonds is 4. The molecule has 1 aliphatic rings. The van der Waals surface area contributed by atoms with Crippen LogP contribution in [0.4, 0.5) is 5.69 Å². The third-order valence-electron chi connectivity index (χ3n) is 3.74. The number of nitrogens with two attached hydrogens (primary N) is 1. The van der Waals surface area contributed by atoms with E-state index in [1.54, 1.807) is 0 Å². The van der Waals surface area contributed by atoms with Crippen LogP contribution in [-0.2, 0) is 6.54 Å². The molecule has 2 aromatic rings. The van der Waals surface area contributed by atoms with Gasteiger partial charge in [-0.2, -0.15) is 0 Å². The van der Waals surface area contributed by atoms with Crippen LogP contribution in [0.2, 0.25) is 0 Å². The number of carbonyl (C=O) groups is 1. The molecule has 0 spiro atoms. The Labute approximate surface area is 138 Å². The zero-order valence-electron chi connectivity index (χ0n) is 11.6. The maximum atomic E-state index is 12.7. The summed E-state index contributed by atoms with van der Waals surface area (Å²) in [6.45, 7) is 0.585. The normalized spacial score (nSPS) is 14.0. The molecule has 3 nitrogen and oxygen atoms in total. The molecule has 0 bridgehead atoms. The number of hydrogen-bond donors (Lipinski definition) is 1. The van der Waals surface area contributed by atoms with Gasteiger partial charge in [-0.05, 0) is 71.3 Å². The quantitative estimate of drug-likeness (QED) is 0.638. The fourth-order valence-electron chi connectivity index (χ4n) is 2.37. The fraction of sp³-hybridized carbons (Fsp3) is 0.235. The number of para-hydroxylation sites is 1. The van der Waals surface area contributed by atoms with Crippen molar-refractivity contribution >= 4 is 34.2 Å². The van der Waals surface area contributed by atoms with E-state index in [1.807, 2.05) is 53.4 Å². The van der Waals surface area contributed by atoms with E-state index in [-0.39, 0.29) is 5.91 Å². The summed E-state index contributed by atoms with van der Waals surface area (Å²) in [4.78, 5) is 14.7. The highest BCUT2D eigenvalue weighted by Gasteiger charge is 2.33. The minimum absolute atomic E-state index is 0.0946. The third kappa shape index (κ3) is 3.37. The second-order valence-corrected chi connectivity index (χ2v) is 6.62. The van der Waals surface area contributed by atoms with Gasteiger partial charge in [-0.25, -0.2) is 0 Å². The van der Waals surface area contributed by atoms with Crippen molar-refractivity contribution in [1.29, 1.82) is 0 Å². The Hall–Kier alpha value is -1.56. The first kappa shape index (κ1) is 14.4. The number of hydrogen-bond acceptors (Lipinski definition) is 2. The summed E-state index contributed by atoms with van der Waals surface area (Å²) in [5.41, 5.74) is 8.52. The van der Waals surface area contributed by atoms with Gasteiger partial charge >= 0.3 is 0 Å². The Morgan fingerprint density at radius 2 is 1.81 bits per heavy atom. The zero-order valence-corrected chi connectivity index (χ0v) is 13.8. The summed E-state index contributed by atoms with van der Waals surface area (Å²) in [5.74, 6) is 0.0946. The first-order chi connectivity index (χ1) is 10.1. The van der Waals surface area contributed by atoms with E-state index in [0.29, 0.717) is 12.6 Å². The lowest BCUT2D eigenvalue weighted by Gasteiger charge is -2.23. The molecule has 0 unspecified atom stereocenters. The van der Waals surface area contributed by atoms with Crippen molar-refractivity contribution in [1.82, 2.24) is 4.90 Å². The molecular weight excluding hydrogens is 375 g/mol. The molecule has 4 heteroatoms. The van der Waals surface area contributed by atoms with Gasteiger partial charge in [-0.15, -0.1) is 0 Å². The van der Waals surface area contributed by atoms with Gasteiger partial charge in [0.25, 0.3) is 5.91 Å². The van der Waals surface area contributed by atoms with Gasteiger partial charge in [-0.1, -0.05) is 18.2 Å². The number of nitrogen functional groups attached to an aromatic ring is 1. The summed E-state index contributed by atoms with van der Waals surface area (Å²) in [6, 6.07) is 15.8. The van der Waals surface area contributed by atoms with E-state index in [9.17, 15) is 4.79 Å². The molecule has 0 heterocycles. The molecule has 0 radical (unpaired) electrons. The highest BCUT2D eigenvalue weighted by atomic mass is 127. The van der Waals surface area contributed by atoms with Crippen LogP contribution in [0.5, 0.6) is 0 Å². The Bertz CT molecular complexity index is 650. The molecule has 0 saturated heterocycles. The van der Waals surface area contributed by atoms with Crippen LogP contribution in [0.25, 0.3) is 0 Å². The molecule has 1 fully saturated rings. The largest absolute Gasteiger partial charge is 0.398 e. The van der Waals surface area contributed by atoms with Crippen LogP contribution in [0.3, 0.4) is 0 Å². The Morgan fingerprint density at radius 1 is 1.14 bits per heavy atom. The Morgan fingerprint density at radius 3 is 2.43 bits per heavy atom. The maximum Gasteiger partial charge on any atom is 0.254 e. The van der Waals surface area contributed by atoms with E-state index in [1.165, 1.54) is 0 Å². The van der Waals surface area contributed by atoms with Crippen molar-refractivity contribution < 1.29 is 4.79 Å². The minimum atomic E-state index is 0.0946. The van der Waals surface area contributed by atoms with Crippen molar-refractivity contribution in [2.45, 2.75) is 25.4 Å². The number of halogens is 1. The molecule has 3 rings (SSSR count). The third-order valence-corrected chi connectivity index (χ3v) is 4.45. The summed E-state index contributed by atoms with van der Waals surface area (Å²) in [7, 11) is 0. The standard InChI is InChI=1S/C17H17IN2O/c18-14-7-5-12(6-8-14)17(21)20(15-9-10-15)11-13-3-1-2-4-16(13)19/h1-8,15H,9-11,19H2. The van der Waals surface area contributed by atoms with Gasteiger partial charge < -0.3 is 10.6 Å². The van der Waals surface area contributed by atoms with E-state index in [0.717, 1.165) is 33.2 Å². The lowest BCUT2D eigenvalue weighted by atomic mass is 10.1. The van der Waals surface area contributed by atoms with Gasteiger partial charge in [0.05, 0.1) is 0 Å². The maximum absolute atomic E-state index is 12.7. The van der Waals surface area contributed by atoms with Gasteiger partial charge in [0.1, 0.15) is 0 Å². The number of carbonyl (C=O) groups excluding carboxylic acids is 1. The van der Waals surface area contributed by atoms with Gasteiger partial charge in [0.2, 0.25) is 0 Å². The lowest BCUT2D eigenvalue weighted by Crippen LogP contribution is -2.32. The molecule has 0 atom stereocenters. The molecule has 0 aromatic heterocycles. The van der Waals surface area contributed by atoms with Crippen molar-refractivity contribution in [3.63, 3.8) is 0 Å². The fourth-order valence-corrected chi connectivity index (χ4v) is 2.73. The zero-order chi connectivity index (χ0) is 14.8. The van der Waals surface area contributed by atoms with Crippen molar-refractivity contribution in [2.24, 2.45) is 0 Å². The van der Waals surface area contributed by atoms with Gasteiger partial charge in [0, 0.05) is 27.4 Å². The van der Waals surface area contributed by atoms with Crippen LogP contribution in [0.1, 0.15) is 28.8 Å². The summed E-state index contributed by atoms with van der Waals surface area (Å²) >= 11 is 2.24. The summed E-state index contributed by atoms with van der Waals surface area (Å²) < 4.78 is 1.13. The monoisotopic (exact) mass is 392 g/mol. The molecule has 108 valence electrons.